The molecular weight excluding hydrogens is 1150 g/mol. The fourth-order valence-electron chi connectivity index (χ4n) is 9.50. The van der Waals surface area contributed by atoms with Crippen molar-refractivity contribution >= 4 is 94.0 Å². The van der Waals surface area contributed by atoms with Crippen molar-refractivity contribution in [2.24, 2.45) is 0 Å². The van der Waals surface area contributed by atoms with E-state index in [2.05, 4.69) is 61.8 Å². The summed E-state index contributed by atoms with van der Waals surface area (Å²) in [4.78, 5) is 69.9. The number of rotatable bonds is 10. The number of imidazole rings is 2. The number of aromatic nitrogens is 8. The summed E-state index contributed by atoms with van der Waals surface area (Å²) in [6.07, 6.45) is -4.97. The second-order valence-electron chi connectivity index (χ2n) is 17.8. The molecule has 28 nitrogen and oxygen atoms in total. The average molecular weight is 1200 g/mol. The summed E-state index contributed by atoms with van der Waals surface area (Å²) in [5.41, 5.74) is 9.57. The number of benzene rings is 2. The highest BCUT2D eigenvalue weighted by Crippen LogP contribution is 2.60. The minimum Gasteiger partial charge on any atom is -0.424 e. The second kappa shape index (κ2) is 19.2. The van der Waals surface area contributed by atoms with Gasteiger partial charge in [0, 0.05) is 21.8 Å². The molecule has 6 aromatic rings. The third kappa shape index (κ3) is 9.33. The van der Waals surface area contributed by atoms with Gasteiger partial charge in [0.15, 0.2) is 58.2 Å². The Morgan fingerprint density at radius 1 is 0.689 bits per heavy atom. The van der Waals surface area contributed by atoms with E-state index in [1.54, 1.807) is 13.8 Å². The summed E-state index contributed by atoms with van der Waals surface area (Å²) in [6.45, 7) is 2.91. The van der Waals surface area contributed by atoms with E-state index < -0.39 is 99.4 Å². The van der Waals surface area contributed by atoms with Crippen LogP contribution in [0.2, 0.25) is 0 Å². The number of nitrogens with zero attached hydrogens (tertiary/aromatic N) is 6. The minimum atomic E-state index is -3.98. The lowest BCUT2D eigenvalue weighted by molar-refractivity contribution is -0.0927. The highest BCUT2D eigenvalue weighted by Gasteiger charge is 2.66. The van der Waals surface area contributed by atoms with Gasteiger partial charge >= 0.3 is 28.0 Å². The smallest absolute Gasteiger partial charge is 0.424 e. The fourth-order valence-corrected chi connectivity index (χ4v) is 13.1. The highest BCUT2D eigenvalue weighted by atomic mass is 79.9. The van der Waals surface area contributed by atoms with Crippen LogP contribution in [0, 0.1) is 0 Å². The van der Waals surface area contributed by atoms with Crippen molar-refractivity contribution in [3.8, 4) is 0 Å². The number of nitrogen functional groups attached to an aromatic ring is 2. The maximum Gasteiger partial charge on any atom is 0.509 e. The predicted molar refractivity (Wildman–Crippen MR) is 257 cm³/mol. The van der Waals surface area contributed by atoms with Crippen LogP contribution < -0.4 is 22.6 Å². The Balaban J connectivity index is 0.000000159. The van der Waals surface area contributed by atoms with Crippen molar-refractivity contribution in [3.63, 3.8) is 0 Å². The van der Waals surface area contributed by atoms with E-state index in [4.69, 9.17) is 67.0 Å². The van der Waals surface area contributed by atoms with Gasteiger partial charge < -0.3 is 39.9 Å². The average Bonchev–Trinajstić information content (AvgIpc) is 4.20. The summed E-state index contributed by atoms with van der Waals surface area (Å²) in [5.74, 6) is -0.244. The SMILES string of the molecule is C[C@@]12OC(=O)O[C@@H]1[C@@H](CO[P@@]1(=O)OCC[C@@H](c3cccc(Br)c3)O1)O[C@H]2n1cnc2c(=O)[nH]c(N)nc21.C[C@@]12OC(=O)O[C@@H]1[C@@H](CO[P@]1(=O)OCC[C@H](c3cccc(Br)c3)O1)O[C@H]2n1cnc2c(=O)[nH]c(N)nc21. The zero-order chi connectivity index (χ0) is 51.9. The van der Waals surface area contributed by atoms with E-state index in [-0.39, 0.29) is 60.7 Å². The van der Waals surface area contributed by atoms with E-state index >= 15 is 0 Å². The summed E-state index contributed by atoms with van der Waals surface area (Å²) in [5, 5.41) is 0. The summed E-state index contributed by atoms with van der Waals surface area (Å²) in [6, 6.07) is 14.9. The Hall–Kier alpha value is -5.62. The van der Waals surface area contributed by atoms with Crippen LogP contribution in [0.25, 0.3) is 22.3 Å². The molecule has 0 saturated carbocycles. The van der Waals surface area contributed by atoms with Gasteiger partial charge in [0.2, 0.25) is 11.9 Å². The molecule has 6 N–H and O–H groups in total. The lowest BCUT2D eigenvalue weighted by Gasteiger charge is -2.30. The Morgan fingerprint density at radius 3 is 1.51 bits per heavy atom. The monoisotopic (exact) mass is 1190 g/mol. The second-order valence-corrected chi connectivity index (χ2v) is 22.9. The largest absolute Gasteiger partial charge is 0.509 e. The zero-order valence-corrected chi connectivity index (χ0v) is 43.4. The van der Waals surface area contributed by atoms with Gasteiger partial charge in [-0.1, -0.05) is 56.1 Å². The van der Waals surface area contributed by atoms with Crippen LogP contribution >= 0.6 is 47.5 Å². The van der Waals surface area contributed by atoms with Gasteiger partial charge in [-0.25, -0.2) is 28.7 Å². The number of anilines is 2. The van der Waals surface area contributed by atoms with Gasteiger partial charge in [0.05, 0.1) is 51.3 Å². The van der Waals surface area contributed by atoms with Crippen LogP contribution in [0.3, 0.4) is 0 Å². The number of nitrogens with one attached hydrogen (secondary N) is 2. The molecule has 12 atom stereocenters. The number of phosphoric acid groups is 2. The number of hydrogen-bond acceptors (Lipinski definition) is 24. The third-order valence-corrected chi connectivity index (χ3v) is 16.8. The Morgan fingerprint density at radius 2 is 1.11 bits per heavy atom. The van der Waals surface area contributed by atoms with Crippen molar-refractivity contribution in [1.29, 1.82) is 0 Å². The Labute approximate surface area is 432 Å². The standard InChI is InChI=1S/2C21H21BrN5O9P/c2*1-21-15(34-20(29)35-21)13(33-18(21)27-9-24-14-16(27)25-19(23)26-17(14)28)8-32-37(30)31-6-5-12(36-37)10-3-2-4-11(22)7-10/h2*2-4,7,9,12-13,15,18H,5-6,8H2,1H3,(H3,23,25,26,28)/t12-,13+,15+,18+,21+,37+;12-,13-,15-,18-,21-,37+/m01/s1. The van der Waals surface area contributed by atoms with Crippen LogP contribution in [-0.2, 0) is 64.7 Å². The van der Waals surface area contributed by atoms with Crippen LogP contribution in [0.15, 0.2) is 79.7 Å². The summed E-state index contributed by atoms with van der Waals surface area (Å²) in [7, 11) is -7.96. The highest BCUT2D eigenvalue weighted by molar-refractivity contribution is 9.10. The number of halogens is 2. The maximum atomic E-state index is 13.3. The molecule has 0 spiro atoms. The number of aromatic amines is 2. The number of hydrogen-bond donors (Lipinski definition) is 4. The molecular formula is C42H42Br2N10O18P2. The van der Waals surface area contributed by atoms with Gasteiger partial charge in [-0.3, -0.25) is 55.8 Å². The number of ether oxygens (including phenoxy) is 6. The molecule has 10 heterocycles. The van der Waals surface area contributed by atoms with Crippen molar-refractivity contribution in [2.75, 3.05) is 37.9 Å². The van der Waals surface area contributed by atoms with Crippen molar-refractivity contribution in [2.45, 2.75) is 87.0 Å². The maximum absolute atomic E-state index is 13.3. The third-order valence-electron chi connectivity index (χ3n) is 12.9. The van der Waals surface area contributed by atoms with Gasteiger partial charge in [0.25, 0.3) is 11.1 Å². The van der Waals surface area contributed by atoms with E-state index in [1.807, 2.05) is 48.5 Å². The first-order chi connectivity index (χ1) is 35.3. The number of carbonyl (C=O) groups excluding carboxylic acids is 2. The van der Waals surface area contributed by atoms with Crippen molar-refractivity contribution < 1.29 is 74.3 Å². The molecule has 32 heteroatoms. The molecule has 392 valence electrons. The molecule has 0 unspecified atom stereocenters. The summed E-state index contributed by atoms with van der Waals surface area (Å²) < 4.78 is 98.6. The van der Waals surface area contributed by atoms with Gasteiger partial charge in [0.1, 0.15) is 12.2 Å². The molecule has 0 amide bonds. The fraction of sp³-hybridized carbons (Fsp3) is 0.429. The molecule has 6 fully saturated rings. The lowest BCUT2D eigenvalue weighted by Crippen LogP contribution is -2.42. The first-order valence-electron chi connectivity index (χ1n) is 22.5. The first kappa shape index (κ1) is 50.5. The minimum absolute atomic E-state index is 0.0231. The molecule has 74 heavy (non-hydrogen) atoms. The van der Waals surface area contributed by atoms with E-state index in [9.17, 15) is 28.3 Å². The van der Waals surface area contributed by atoms with Crippen LogP contribution in [0.5, 0.6) is 0 Å². The van der Waals surface area contributed by atoms with Gasteiger partial charge in [-0.2, -0.15) is 9.97 Å². The van der Waals surface area contributed by atoms with Crippen LogP contribution in [-0.4, -0.2) is 113 Å². The molecule has 0 radical (unpaired) electrons. The molecule has 12 rings (SSSR count). The molecule has 6 aliphatic heterocycles. The molecule has 6 saturated heterocycles. The van der Waals surface area contributed by atoms with Gasteiger partial charge in [-0.05, 0) is 49.2 Å². The van der Waals surface area contributed by atoms with Crippen molar-refractivity contribution in [3.05, 3.63) is 102 Å². The normalized spacial score (nSPS) is 33.3. The van der Waals surface area contributed by atoms with Crippen LogP contribution in [0.4, 0.5) is 21.5 Å². The molecule has 2 aromatic carbocycles. The Kier molecular flexibility index (Phi) is 13.1. The molecule has 0 aliphatic carbocycles. The Bertz CT molecular complexity index is 3210. The lowest BCUT2D eigenvalue weighted by atomic mass is 9.96. The predicted octanol–water partition coefficient (Wildman–Crippen LogP) is 5.92. The first-order valence-corrected chi connectivity index (χ1v) is 27.0. The van der Waals surface area contributed by atoms with E-state index in [0.29, 0.717) is 12.8 Å². The number of carbonyl (C=O) groups is 2. The quantitative estimate of drug-likeness (QED) is 0.0913. The number of H-pyrrole nitrogens is 2. The molecule has 6 aliphatic rings. The molecule has 4 aromatic heterocycles. The number of fused-ring (bicyclic) bond motifs is 4. The zero-order valence-electron chi connectivity index (χ0n) is 38.5. The number of phosphoric ester groups is 2. The van der Waals surface area contributed by atoms with Gasteiger partial charge in [-0.15, -0.1) is 0 Å². The molecule has 0 bridgehead atoms. The van der Waals surface area contributed by atoms with Crippen molar-refractivity contribution in [1.82, 2.24) is 39.0 Å². The van der Waals surface area contributed by atoms with E-state index in [1.165, 1.54) is 21.8 Å². The summed E-state index contributed by atoms with van der Waals surface area (Å²) >= 11 is 6.84. The number of nitrogens with two attached hydrogens (primary N) is 2. The van der Waals surface area contributed by atoms with Crippen LogP contribution in [0.1, 0.15) is 62.5 Å². The topological polar surface area (TPSA) is 358 Å². The van der Waals surface area contributed by atoms with E-state index in [0.717, 1.165) is 20.1 Å².